The van der Waals surface area contributed by atoms with Gasteiger partial charge in [0.25, 0.3) is 0 Å². The second-order valence-corrected chi connectivity index (χ2v) is 7.43. The molecule has 0 bridgehead atoms. The molecule has 3 N–H and O–H groups in total. The van der Waals surface area contributed by atoms with Crippen LogP contribution in [0, 0.1) is 0 Å². The third kappa shape index (κ3) is 3.96. The summed E-state index contributed by atoms with van der Waals surface area (Å²) in [4.78, 5) is 2.56. The third-order valence-electron chi connectivity index (χ3n) is 4.14. The number of likely N-dealkylation sites (tertiary alicyclic amines) is 1. The molecule has 1 atom stereocenters. The van der Waals surface area contributed by atoms with E-state index in [4.69, 9.17) is 5.73 Å². The van der Waals surface area contributed by atoms with Crippen LogP contribution in [0.5, 0.6) is 0 Å². The summed E-state index contributed by atoms with van der Waals surface area (Å²) in [6.45, 7) is 6.60. The molecule has 1 aliphatic rings. The van der Waals surface area contributed by atoms with Gasteiger partial charge < -0.3 is 5.73 Å². The molecule has 0 spiro atoms. The van der Waals surface area contributed by atoms with Gasteiger partial charge in [0.2, 0.25) is 10.0 Å². The molecule has 1 fully saturated rings. The standard InChI is InChI=1S/C15H25N3O2S/c1-3-13-6-7-14(10-15(13)16)21(19,20)17-11-12(2)18-8-4-5-9-18/h6-7,10,12,17H,3-5,8-9,11,16H2,1-2H3. The van der Waals surface area contributed by atoms with Crippen molar-refractivity contribution in [1.29, 1.82) is 0 Å². The minimum Gasteiger partial charge on any atom is -0.398 e. The fourth-order valence-corrected chi connectivity index (χ4v) is 3.84. The van der Waals surface area contributed by atoms with E-state index in [1.165, 1.54) is 12.8 Å². The Morgan fingerprint density at radius 2 is 2.00 bits per heavy atom. The van der Waals surface area contributed by atoms with Gasteiger partial charge in [-0.1, -0.05) is 13.0 Å². The summed E-state index contributed by atoms with van der Waals surface area (Å²) in [5.41, 5.74) is 7.39. The zero-order valence-corrected chi connectivity index (χ0v) is 13.6. The summed E-state index contributed by atoms with van der Waals surface area (Å²) in [7, 11) is -3.49. The van der Waals surface area contributed by atoms with E-state index in [9.17, 15) is 8.42 Å². The molecular formula is C15H25N3O2S. The number of hydrogen-bond donors (Lipinski definition) is 2. The van der Waals surface area contributed by atoms with Crippen molar-refractivity contribution in [2.45, 2.75) is 44.0 Å². The number of rotatable bonds is 6. The van der Waals surface area contributed by atoms with Gasteiger partial charge in [0, 0.05) is 18.3 Å². The lowest BCUT2D eigenvalue weighted by molar-refractivity contribution is 0.260. The first-order chi connectivity index (χ1) is 9.94. The summed E-state index contributed by atoms with van der Waals surface area (Å²) in [5, 5.41) is 0. The molecule has 0 aliphatic carbocycles. The van der Waals surface area contributed by atoms with Crippen molar-refractivity contribution in [2.75, 3.05) is 25.4 Å². The van der Waals surface area contributed by atoms with Gasteiger partial charge in [-0.05, 0) is 57.0 Å². The van der Waals surface area contributed by atoms with Crippen molar-refractivity contribution in [3.8, 4) is 0 Å². The average molecular weight is 311 g/mol. The molecule has 0 saturated carbocycles. The van der Waals surface area contributed by atoms with Crippen molar-refractivity contribution in [2.24, 2.45) is 0 Å². The van der Waals surface area contributed by atoms with E-state index in [-0.39, 0.29) is 10.9 Å². The first-order valence-electron chi connectivity index (χ1n) is 7.56. The smallest absolute Gasteiger partial charge is 0.240 e. The van der Waals surface area contributed by atoms with Crippen LogP contribution in [0.1, 0.15) is 32.3 Å². The number of sulfonamides is 1. The Morgan fingerprint density at radius 1 is 1.33 bits per heavy atom. The lowest BCUT2D eigenvalue weighted by atomic mass is 10.1. The number of nitrogens with zero attached hydrogens (tertiary/aromatic N) is 1. The summed E-state index contributed by atoms with van der Waals surface area (Å²) < 4.78 is 27.3. The molecule has 1 aliphatic heterocycles. The molecule has 5 nitrogen and oxygen atoms in total. The summed E-state index contributed by atoms with van der Waals surface area (Å²) in [6.07, 6.45) is 3.20. The fraction of sp³-hybridized carbons (Fsp3) is 0.600. The molecule has 1 saturated heterocycles. The highest BCUT2D eigenvalue weighted by atomic mass is 32.2. The van der Waals surface area contributed by atoms with E-state index in [0.29, 0.717) is 12.2 Å². The van der Waals surface area contributed by atoms with Crippen LogP contribution in [0.25, 0.3) is 0 Å². The highest BCUT2D eigenvalue weighted by Gasteiger charge is 2.21. The zero-order valence-electron chi connectivity index (χ0n) is 12.8. The fourth-order valence-electron chi connectivity index (χ4n) is 2.69. The van der Waals surface area contributed by atoms with E-state index in [1.807, 2.05) is 6.92 Å². The van der Waals surface area contributed by atoms with Gasteiger partial charge >= 0.3 is 0 Å². The zero-order chi connectivity index (χ0) is 15.5. The highest BCUT2D eigenvalue weighted by molar-refractivity contribution is 7.89. The van der Waals surface area contributed by atoms with E-state index in [0.717, 1.165) is 25.1 Å². The van der Waals surface area contributed by atoms with Crippen LogP contribution in [0.15, 0.2) is 23.1 Å². The predicted octanol–water partition coefficient (Wildman–Crippen LogP) is 1.59. The molecule has 21 heavy (non-hydrogen) atoms. The second-order valence-electron chi connectivity index (χ2n) is 5.66. The van der Waals surface area contributed by atoms with E-state index in [1.54, 1.807) is 18.2 Å². The lowest BCUT2D eigenvalue weighted by Gasteiger charge is -2.23. The number of benzene rings is 1. The molecule has 1 aromatic carbocycles. The Labute approximate surface area is 127 Å². The Hall–Kier alpha value is -1.11. The van der Waals surface area contributed by atoms with Crippen molar-refractivity contribution in [3.63, 3.8) is 0 Å². The number of hydrogen-bond acceptors (Lipinski definition) is 4. The summed E-state index contributed by atoms with van der Waals surface area (Å²) in [5.74, 6) is 0. The first kappa shape index (κ1) is 16.3. The molecule has 118 valence electrons. The van der Waals surface area contributed by atoms with E-state index >= 15 is 0 Å². The molecule has 0 amide bonds. The summed E-state index contributed by atoms with van der Waals surface area (Å²) in [6, 6.07) is 5.17. The summed E-state index contributed by atoms with van der Waals surface area (Å²) >= 11 is 0. The van der Waals surface area contributed by atoms with Crippen LogP contribution in [0.4, 0.5) is 5.69 Å². The van der Waals surface area contributed by atoms with Crippen LogP contribution in [-0.2, 0) is 16.4 Å². The predicted molar refractivity (Wildman–Crippen MR) is 85.7 cm³/mol. The quantitative estimate of drug-likeness (QED) is 0.782. The minimum absolute atomic E-state index is 0.217. The van der Waals surface area contributed by atoms with Crippen molar-refractivity contribution < 1.29 is 8.42 Å². The Balaban J connectivity index is 2.02. The van der Waals surface area contributed by atoms with Gasteiger partial charge in [-0.2, -0.15) is 0 Å². The van der Waals surface area contributed by atoms with E-state index in [2.05, 4.69) is 16.5 Å². The number of aryl methyl sites for hydroxylation is 1. The number of nitrogen functional groups attached to an aromatic ring is 1. The van der Waals surface area contributed by atoms with Gasteiger partial charge in [-0.3, -0.25) is 4.90 Å². The third-order valence-corrected chi connectivity index (χ3v) is 5.56. The Kier molecular flexibility index (Phi) is 5.24. The topological polar surface area (TPSA) is 75.4 Å². The molecule has 1 aromatic rings. The van der Waals surface area contributed by atoms with E-state index < -0.39 is 10.0 Å². The molecular weight excluding hydrogens is 286 g/mol. The SMILES string of the molecule is CCc1ccc(S(=O)(=O)NCC(C)N2CCCC2)cc1N. The maximum atomic E-state index is 12.3. The number of anilines is 1. The Bertz CT molecular complexity index is 581. The van der Waals surface area contributed by atoms with Gasteiger partial charge in [-0.15, -0.1) is 0 Å². The van der Waals surface area contributed by atoms with Crippen LogP contribution in [0.2, 0.25) is 0 Å². The lowest BCUT2D eigenvalue weighted by Crippen LogP contribution is -2.40. The number of nitrogens with two attached hydrogens (primary N) is 1. The van der Waals surface area contributed by atoms with Crippen LogP contribution in [0.3, 0.4) is 0 Å². The van der Waals surface area contributed by atoms with Crippen molar-refractivity contribution in [1.82, 2.24) is 9.62 Å². The van der Waals surface area contributed by atoms with Crippen molar-refractivity contribution in [3.05, 3.63) is 23.8 Å². The maximum absolute atomic E-state index is 12.3. The molecule has 0 aromatic heterocycles. The Morgan fingerprint density at radius 3 is 2.57 bits per heavy atom. The van der Waals surface area contributed by atoms with Gasteiger partial charge in [0.1, 0.15) is 0 Å². The molecule has 1 heterocycles. The normalized spacial score (nSPS) is 18.0. The largest absolute Gasteiger partial charge is 0.398 e. The molecule has 6 heteroatoms. The number of nitrogens with one attached hydrogen (secondary N) is 1. The van der Waals surface area contributed by atoms with Gasteiger partial charge in [-0.25, -0.2) is 13.1 Å². The molecule has 0 radical (unpaired) electrons. The second kappa shape index (κ2) is 6.77. The minimum atomic E-state index is -3.49. The molecule has 1 unspecified atom stereocenters. The highest BCUT2D eigenvalue weighted by Crippen LogP contribution is 2.19. The maximum Gasteiger partial charge on any atom is 0.240 e. The van der Waals surface area contributed by atoms with Crippen LogP contribution in [-0.4, -0.2) is 39.0 Å². The monoisotopic (exact) mass is 311 g/mol. The van der Waals surface area contributed by atoms with Crippen LogP contribution < -0.4 is 10.5 Å². The van der Waals surface area contributed by atoms with Gasteiger partial charge in [0.15, 0.2) is 0 Å². The first-order valence-corrected chi connectivity index (χ1v) is 9.04. The van der Waals surface area contributed by atoms with Crippen molar-refractivity contribution >= 4 is 15.7 Å². The molecule has 2 rings (SSSR count). The average Bonchev–Trinajstić information content (AvgIpc) is 2.99. The van der Waals surface area contributed by atoms with Crippen LogP contribution >= 0.6 is 0 Å². The van der Waals surface area contributed by atoms with Gasteiger partial charge in [0.05, 0.1) is 4.90 Å².